The van der Waals surface area contributed by atoms with Crippen LogP contribution in [0.1, 0.15) is 43.3 Å². The first-order chi connectivity index (χ1) is 23.1. The quantitative estimate of drug-likeness (QED) is 0.0615. The molecule has 1 unspecified atom stereocenters. The van der Waals surface area contributed by atoms with Crippen molar-refractivity contribution in [2.45, 2.75) is 32.4 Å². The summed E-state index contributed by atoms with van der Waals surface area (Å²) in [6, 6.07) is 9.17. The lowest BCUT2D eigenvalue weighted by Crippen LogP contribution is -2.19. The second-order valence-corrected chi connectivity index (χ2v) is 9.74. The van der Waals surface area contributed by atoms with Crippen LogP contribution in [0.25, 0.3) is 5.95 Å². The molecule has 254 valence electrons. The number of benzene rings is 2. The van der Waals surface area contributed by atoms with Crippen molar-refractivity contribution >= 4 is 23.8 Å². The van der Waals surface area contributed by atoms with Crippen molar-refractivity contribution in [2.75, 3.05) is 32.4 Å². The second-order valence-electron chi connectivity index (χ2n) is 9.74. The molecule has 0 bridgehead atoms. The molecule has 2 atom stereocenters. The largest absolute Gasteiger partial charge is 0.508 e. The first-order valence-electron chi connectivity index (χ1n) is 14.4. The van der Waals surface area contributed by atoms with Gasteiger partial charge in [0.25, 0.3) is 5.95 Å². The van der Waals surface area contributed by atoms with E-state index < -0.39 is 30.9 Å². The predicted molar refractivity (Wildman–Crippen MR) is 166 cm³/mol. The molecule has 0 fully saturated rings. The van der Waals surface area contributed by atoms with Gasteiger partial charge in [-0.3, -0.25) is 0 Å². The lowest BCUT2D eigenvalue weighted by Gasteiger charge is -2.21. The zero-order valence-electron chi connectivity index (χ0n) is 26.1. The summed E-state index contributed by atoms with van der Waals surface area (Å²) in [6.45, 7) is 2.28. The van der Waals surface area contributed by atoms with Crippen LogP contribution in [0.4, 0.5) is 19.7 Å². The molecule has 5 N–H and O–H groups in total. The number of halogens is 1. The lowest BCUT2D eigenvalue weighted by atomic mass is 10.0. The highest BCUT2D eigenvalue weighted by atomic mass is 19.1. The number of hydrogen-bond acceptors (Lipinski definition) is 13. The molecule has 4 rings (SSSR count). The number of aliphatic hydroxyl groups is 1. The topological polar surface area (TPSA) is 228 Å². The number of carboxylic acid groups (broad SMARTS) is 1. The van der Waals surface area contributed by atoms with Gasteiger partial charge in [-0.2, -0.15) is 9.98 Å². The first-order valence-corrected chi connectivity index (χ1v) is 14.4. The number of amidine groups is 1. The van der Waals surface area contributed by atoms with Gasteiger partial charge in [0.05, 0.1) is 13.7 Å². The van der Waals surface area contributed by atoms with Crippen LogP contribution in [-0.2, 0) is 9.47 Å². The lowest BCUT2D eigenvalue weighted by molar-refractivity contribution is 0.0207. The van der Waals surface area contributed by atoms with Crippen molar-refractivity contribution in [1.82, 2.24) is 24.7 Å². The van der Waals surface area contributed by atoms with Crippen molar-refractivity contribution in [3.05, 3.63) is 77.6 Å². The van der Waals surface area contributed by atoms with E-state index in [0.29, 0.717) is 17.7 Å². The minimum absolute atomic E-state index is 0.00406. The maximum absolute atomic E-state index is 16.1. The van der Waals surface area contributed by atoms with Gasteiger partial charge in [-0.25, -0.2) is 23.9 Å². The molecule has 0 radical (unpaired) electrons. The zero-order chi connectivity index (χ0) is 34.6. The maximum atomic E-state index is 16.1. The van der Waals surface area contributed by atoms with E-state index in [4.69, 9.17) is 29.8 Å². The van der Waals surface area contributed by atoms with Crippen LogP contribution >= 0.6 is 0 Å². The molecule has 0 spiro atoms. The molecule has 2 aromatic heterocycles. The molecule has 0 saturated carbocycles. The maximum Gasteiger partial charge on any atom is 0.508 e. The van der Waals surface area contributed by atoms with Gasteiger partial charge < -0.3 is 44.9 Å². The normalized spacial score (nSPS) is 12.5. The fraction of sp³-hybridized carbons (Fsp3) is 0.300. The highest BCUT2D eigenvalue weighted by Gasteiger charge is 2.29. The van der Waals surface area contributed by atoms with Crippen LogP contribution in [0.3, 0.4) is 0 Å². The number of aliphatic imine (C=N–C) groups is 1. The van der Waals surface area contributed by atoms with E-state index in [1.165, 1.54) is 31.6 Å². The Labute approximate surface area is 273 Å². The van der Waals surface area contributed by atoms with E-state index in [2.05, 4.69) is 35.1 Å². The van der Waals surface area contributed by atoms with E-state index in [-0.39, 0.29) is 60.0 Å². The third kappa shape index (κ3) is 9.03. The Morgan fingerprint density at radius 2 is 1.88 bits per heavy atom. The number of hydrogen-bond donors (Lipinski definition) is 4. The number of nitrogens with two attached hydrogens (primary N) is 1. The Bertz CT molecular complexity index is 1720. The second kappa shape index (κ2) is 16.5. The fourth-order valence-electron chi connectivity index (χ4n) is 4.00. The number of carbonyl (C=O) groups is 2. The van der Waals surface area contributed by atoms with Gasteiger partial charge >= 0.3 is 18.3 Å². The molecule has 17 nitrogen and oxygen atoms in total. The number of anilines is 1. The highest BCUT2D eigenvalue weighted by molar-refractivity contribution is 6.02. The van der Waals surface area contributed by atoms with Gasteiger partial charge in [0.2, 0.25) is 6.79 Å². The summed E-state index contributed by atoms with van der Waals surface area (Å²) < 4.78 is 43.0. The van der Waals surface area contributed by atoms with E-state index in [1.807, 2.05) is 6.92 Å². The number of amides is 1. The van der Waals surface area contributed by atoms with E-state index in [1.54, 1.807) is 37.3 Å². The van der Waals surface area contributed by atoms with E-state index in [9.17, 15) is 14.7 Å². The summed E-state index contributed by atoms with van der Waals surface area (Å²) >= 11 is 0. The highest BCUT2D eigenvalue weighted by Crippen LogP contribution is 2.36. The van der Waals surface area contributed by atoms with Crippen molar-refractivity contribution in [3.8, 4) is 23.5 Å². The molecule has 0 saturated heterocycles. The Balaban J connectivity index is 1.78. The van der Waals surface area contributed by atoms with Crippen LogP contribution < -0.4 is 25.3 Å². The average molecular weight is 669 g/mol. The zero-order valence-corrected chi connectivity index (χ0v) is 26.1. The summed E-state index contributed by atoms with van der Waals surface area (Å²) in [5, 5.41) is 25.8. The van der Waals surface area contributed by atoms with Gasteiger partial charge in [-0.1, -0.05) is 6.92 Å². The van der Waals surface area contributed by atoms with Crippen molar-refractivity contribution < 1.29 is 47.9 Å². The van der Waals surface area contributed by atoms with E-state index in [0.717, 1.165) is 4.68 Å². The molecule has 18 heteroatoms. The number of carbonyl (C=O) groups excluding carboxylic acids is 1. The molecule has 1 amide bonds. The number of aromatic nitrogens is 5. The molecular weight excluding hydrogens is 635 g/mol. The van der Waals surface area contributed by atoms with Gasteiger partial charge in [0, 0.05) is 35.3 Å². The molecular formula is C30H33FN8O9. The molecule has 0 aliphatic carbocycles. The third-order valence-electron chi connectivity index (χ3n) is 6.48. The number of rotatable bonds is 15. The van der Waals surface area contributed by atoms with Crippen LogP contribution in [-0.4, -0.2) is 86.3 Å². The van der Waals surface area contributed by atoms with E-state index >= 15 is 4.39 Å². The van der Waals surface area contributed by atoms with Crippen molar-refractivity contribution in [3.63, 3.8) is 0 Å². The van der Waals surface area contributed by atoms with Crippen LogP contribution in [0, 0.1) is 5.82 Å². The summed E-state index contributed by atoms with van der Waals surface area (Å²) in [7, 11) is 1.38. The van der Waals surface area contributed by atoms with Gasteiger partial charge in [-0.05, 0) is 49.7 Å². The SMILES string of the molecule is CCC(C)OC(=O)N=C(N)c1ccc(N[C@@H](c2nc(OCOC(=O)O)n(-c3ncccn3)n2)c2cc(OC)cc(OCCO)c2F)cc1. The summed E-state index contributed by atoms with van der Waals surface area (Å²) in [5.74, 6) is -0.976. The standard InChI is InChI=1S/C30H33FN8O9/c1-4-17(2)48-29(41)36-25(32)18-6-8-19(9-7-18)35-24(21-14-20(44-3)15-22(23(21)31)45-13-12-40)26-37-28(46-16-47-30(42)43)39(38-26)27-33-10-5-11-34-27/h5-11,14-15,17,24,35,40H,4,12-13,16H2,1-3H3,(H,42,43)(H2,32,36,41)/t17?,24-/m1/s1. The summed E-state index contributed by atoms with van der Waals surface area (Å²) in [5.41, 5.74) is 6.81. The number of nitrogens with zero attached hydrogens (tertiary/aromatic N) is 6. The van der Waals surface area contributed by atoms with Gasteiger partial charge in [-0.15, -0.1) is 9.78 Å². The molecule has 2 heterocycles. The summed E-state index contributed by atoms with van der Waals surface area (Å²) in [6.07, 6.45) is 0.736. The van der Waals surface area contributed by atoms with Crippen molar-refractivity contribution in [1.29, 1.82) is 0 Å². The fourth-order valence-corrected chi connectivity index (χ4v) is 4.00. The average Bonchev–Trinajstić information content (AvgIpc) is 3.51. The Hall–Kier alpha value is -6.04. The van der Waals surface area contributed by atoms with Gasteiger partial charge in [0.15, 0.2) is 17.4 Å². The Kier molecular flexibility index (Phi) is 12.0. The molecule has 0 aliphatic heterocycles. The summed E-state index contributed by atoms with van der Waals surface area (Å²) in [4.78, 5) is 39.5. The number of ether oxygens (including phenoxy) is 5. The molecule has 0 aliphatic rings. The van der Waals surface area contributed by atoms with Gasteiger partial charge in [0.1, 0.15) is 30.3 Å². The minimum Gasteiger partial charge on any atom is -0.497 e. The number of nitrogens with one attached hydrogen (secondary N) is 1. The van der Waals surface area contributed by atoms with Crippen LogP contribution in [0.5, 0.6) is 17.5 Å². The Morgan fingerprint density at radius 3 is 2.52 bits per heavy atom. The first kappa shape index (κ1) is 34.8. The van der Waals surface area contributed by atoms with Crippen LogP contribution in [0.15, 0.2) is 59.9 Å². The Morgan fingerprint density at radius 1 is 1.15 bits per heavy atom. The third-order valence-corrected chi connectivity index (χ3v) is 6.48. The minimum atomic E-state index is -1.59. The smallest absolute Gasteiger partial charge is 0.497 e. The number of aliphatic hydroxyl groups excluding tert-OH is 1. The predicted octanol–water partition coefficient (Wildman–Crippen LogP) is 3.45. The molecule has 48 heavy (non-hydrogen) atoms. The monoisotopic (exact) mass is 668 g/mol. The molecule has 4 aromatic rings. The van der Waals surface area contributed by atoms with Crippen LogP contribution in [0.2, 0.25) is 0 Å². The number of methoxy groups -OCH3 is 1. The molecule has 2 aromatic carbocycles. The van der Waals surface area contributed by atoms with Crippen molar-refractivity contribution in [2.24, 2.45) is 10.7 Å².